The summed E-state index contributed by atoms with van der Waals surface area (Å²) in [6.45, 7) is 0. The van der Waals surface area contributed by atoms with Crippen LogP contribution < -0.4 is 5.32 Å². The summed E-state index contributed by atoms with van der Waals surface area (Å²) in [5.41, 5.74) is 0.513. The van der Waals surface area contributed by atoms with Crippen molar-refractivity contribution < 1.29 is 9.32 Å². The van der Waals surface area contributed by atoms with Crippen molar-refractivity contribution in [2.45, 2.75) is 44.6 Å². The van der Waals surface area contributed by atoms with E-state index < -0.39 is 0 Å². The molecule has 1 aliphatic rings. The lowest BCUT2D eigenvalue weighted by molar-refractivity contribution is 0.0932. The smallest absolute Gasteiger partial charge is 0.256 e. The van der Waals surface area contributed by atoms with Gasteiger partial charge in [0.25, 0.3) is 5.91 Å². The van der Waals surface area contributed by atoms with Crippen LogP contribution in [0.25, 0.3) is 0 Å². The second-order valence-corrected chi connectivity index (χ2v) is 4.08. The van der Waals surface area contributed by atoms with Gasteiger partial charge in [-0.25, -0.2) is 0 Å². The summed E-state index contributed by atoms with van der Waals surface area (Å²) in [4.78, 5) is 11.7. The molecular formula is C11H16N2O2. The number of carbonyl (C=O) groups excluding carboxylic acids is 1. The molecule has 1 aromatic rings. The van der Waals surface area contributed by atoms with Gasteiger partial charge in [-0.05, 0) is 12.8 Å². The number of hydrogen-bond donors (Lipinski definition) is 1. The summed E-state index contributed by atoms with van der Waals surface area (Å²) in [7, 11) is 0. The highest BCUT2D eigenvalue weighted by Crippen LogP contribution is 2.17. The van der Waals surface area contributed by atoms with E-state index in [0.29, 0.717) is 11.6 Å². The van der Waals surface area contributed by atoms with Crippen LogP contribution in [0.2, 0.25) is 0 Å². The van der Waals surface area contributed by atoms with E-state index in [1.165, 1.54) is 38.1 Å². The topological polar surface area (TPSA) is 55.1 Å². The summed E-state index contributed by atoms with van der Waals surface area (Å²) in [5, 5.41) is 6.54. The minimum Gasteiger partial charge on any atom is -0.364 e. The highest BCUT2D eigenvalue weighted by molar-refractivity contribution is 5.93. The van der Waals surface area contributed by atoms with Crippen LogP contribution in [0.4, 0.5) is 0 Å². The molecule has 0 saturated heterocycles. The number of nitrogens with zero attached hydrogens (tertiary/aromatic N) is 1. The molecule has 0 unspecified atom stereocenters. The second-order valence-electron chi connectivity index (χ2n) is 4.08. The van der Waals surface area contributed by atoms with Gasteiger partial charge in [-0.3, -0.25) is 4.79 Å². The molecule has 82 valence electrons. The standard InChI is InChI=1S/C11H16N2O2/c14-11(9-7-12-15-8-9)13-10-5-3-1-2-4-6-10/h7-8,10H,1-6H2,(H,13,14). The maximum Gasteiger partial charge on any atom is 0.256 e. The number of nitrogens with one attached hydrogen (secondary N) is 1. The largest absolute Gasteiger partial charge is 0.364 e. The van der Waals surface area contributed by atoms with Gasteiger partial charge in [0.15, 0.2) is 0 Å². The van der Waals surface area contributed by atoms with E-state index in [4.69, 9.17) is 0 Å². The van der Waals surface area contributed by atoms with E-state index in [1.54, 1.807) is 0 Å². The van der Waals surface area contributed by atoms with Crippen molar-refractivity contribution >= 4 is 5.91 Å². The van der Waals surface area contributed by atoms with Crippen LogP contribution >= 0.6 is 0 Å². The molecule has 0 spiro atoms. The van der Waals surface area contributed by atoms with Crippen LogP contribution in [0.5, 0.6) is 0 Å². The van der Waals surface area contributed by atoms with Crippen molar-refractivity contribution in [3.63, 3.8) is 0 Å². The number of carbonyl (C=O) groups is 1. The highest BCUT2D eigenvalue weighted by atomic mass is 16.5. The predicted molar refractivity (Wildman–Crippen MR) is 55.5 cm³/mol. The molecule has 1 aromatic heterocycles. The van der Waals surface area contributed by atoms with E-state index in [-0.39, 0.29) is 5.91 Å². The lowest BCUT2D eigenvalue weighted by atomic mass is 10.1. The Morgan fingerprint density at radius 2 is 2.07 bits per heavy atom. The normalized spacial score (nSPS) is 18.4. The van der Waals surface area contributed by atoms with E-state index in [0.717, 1.165) is 12.8 Å². The van der Waals surface area contributed by atoms with Gasteiger partial charge in [-0.1, -0.05) is 30.8 Å². The van der Waals surface area contributed by atoms with Gasteiger partial charge >= 0.3 is 0 Å². The predicted octanol–water partition coefficient (Wildman–Crippen LogP) is 2.13. The monoisotopic (exact) mass is 208 g/mol. The van der Waals surface area contributed by atoms with E-state index >= 15 is 0 Å². The zero-order chi connectivity index (χ0) is 10.5. The van der Waals surface area contributed by atoms with Crippen LogP contribution in [0.15, 0.2) is 17.0 Å². The Labute approximate surface area is 89.0 Å². The third-order valence-corrected chi connectivity index (χ3v) is 2.88. The van der Waals surface area contributed by atoms with Crippen molar-refractivity contribution in [3.05, 3.63) is 18.0 Å². The molecule has 4 heteroatoms. The first kappa shape index (κ1) is 10.2. The van der Waals surface area contributed by atoms with Gasteiger partial charge < -0.3 is 9.84 Å². The first-order valence-electron chi connectivity index (χ1n) is 5.56. The van der Waals surface area contributed by atoms with Crippen molar-refractivity contribution in [2.24, 2.45) is 0 Å². The maximum absolute atomic E-state index is 11.7. The molecule has 1 N–H and O–H groups in total. The summed E-state index contributed by atoms with van der Waals surface area (Å²) in [5.74, 6) is -0.0665. The Balaban J connectivity index is 1.87. The van der Waals surface area contributed by atoms with Crippen LogP contribution in [-0.4, -0.2) is 17.1 Å². The van der Waals surface area contributed by atoms with E-state index in [2.05, 4.69) is 15.0 Å². The summed E-state index contributed by atoms with van der Waals surface area (Å²) in [6, 6.07) is 0.329. The van der Waals surface area contributed by atoms with Gasteiger partial charge in [0, 0.05) is 6.04 Å². The zero-order valence-corrected chi connectivity index (χ0v) is 8.74. The first-order chi connectivity index (χ1) is 7.36. The molecule has 0 atom stereocenters. The Morgan fingerprint density at radius 3 is 2.67 bits per heavy atom. The fourth-order valence-corrected chi connectivity index (χ4v) is 2.01. The third-order valence-electron chi connectivity index (χ3n) is 2.88. The Hall–Kier alpha value is -1.32. The molecule has 1 saturated carbocycles. The van der Waals surface area contributed by atoms with Crippen LogP contribution in [-0.2, 0) is 0 Å². The minimum atomic E-state index is -0.0665. The fourth-order valence-electron chi connectivity index (χ4n) is 2.01. The summed E-state index contributed by atoms with van der Waals surface area (Å²) >= 11 is 0. The molecule has 4 nitrogen and oxygen atoms in total. The fraction of sp³-hybridized carbons (Fsp3) is 0.636. The SMILES string of the molecule is O=C(NC1CCCCCC1)c1cnoc1. The Kier molecular flexibility index (Phi) is 3.37. The van der Waals surface area contributed by atoms with Crippen LogP contribution in [0.3, 0.4) is 0 Å². The number of hydrogen-bond acceptors (Lipinski definition) is 3. The molecule has 1 fully saturated rings. The number of rotatable bonds is 2. The maximum atomic E-state index is 11.7. The average molecular weight is 208 g/mol. The summed E-state index contributed by atoms with van der Waals surface area (Å²) < 4.78 is 4.64. The number of amides is 1. The van der Waals surface area contributed by atoms with Gasteiger partial charge in [0.05, 0.1) is 11.8 Å². The van der Waals surface area contributed by atoms with Gasteiger partial charge in [0.2, 0.25) is 0 Å². The lowest BCUT2D eigenvalue weighted by Crippen LogP contribution is -2.34. The first-order valence-corrected chi connectivity index (χ1v) is 5.56. The van der Waals surface area contributed by atoms with Crippen LogP contribution in [0, 0.1) is 0 Å². The Bertz CT molecular complexity index is 300. The van der Waals surface area contributed by atoms with Crippen LogP contribution in [0.1, 0.15) is 48.9 Å². The number of aromatic nitrogens is 1. The molecule has 1 amide bonds. The van der Waals surface area contributed by atoms with Gasteiger partial charge in [0.1, 0.15) is 6.26 Å². The molecule has 1 heterocycles. The average Bonchev–Trinajstić information content (AvgIpc) is 2.65. The molecule has 0 bridgehead atoms. The zero-order valence-electron chi connectivity index (χ0n) is 8.74. The van der Waals surface area contributed by atoms with Gasteiger partial charge in [-0.15, -0.1) is 0 Å². The molecular weight excluding hydrogens is 192 g/mol. The second kappa shape index (κ2) is 4.96. The van der Waals surface area contributed by atoms with E-state index in [1.807, 2.05) is 0 Å². The molecule has 0 radical (unpaired) electrons. The van der Waals surface area contributed by atoms with Crippen molar-refractivity contribution in [1.82, 2.24) is 10.5 Å². The van der Waals surface area contributed by atoms with E-state index in [9.17, 15) is 4.79 Å². The van der Waals surface area contributed by atoms with Crippen molar-refractivity contribution in [3.8, 4) is 0 Å². The third kappa shape index (κ3) is 2.81. The van der Waals surface area contributed by atoms with Crippen molar-refractivity contribution in [2.75, 3.05) is 0 Å². The molecule has 2 rings (SSSR count). The highest BCUT2D eigenvalue weighted by Gasteiger charge is 2.16. The lowest BCUT2D eigenvalue weighted by Gasteiger charge is -2.14. The molecule has 0 aliphatic heterocycles. The Morgan fingerprint density at radius 1 is 1.33 bits per heavy atom. The van der Waals surface area contributed by atoms with Crippen molar-refractivity contribution in [1.29, 1.82) is 0 Å². The van der Waals surface area contributed by atoms with Gasteiger partial charge in [-0.2, -0.15) is 0 Å². The summed E-state index contributed by atoms with van der Waals surface area (Å²) in [6.07, 6.45) is 10.0. The molecule has 1 aliphatic carbocycles. The quantitative estimate of drug-likeness (QED) is 0.757. The molecule has 0 aromatic carbocycles. The molecule has 15 heavy (non-hydrogen) atoms. The minimum absolute atomic E-state index is 0.0665.